The quantitative estimate of drug-likeness (QED) is 0.598. The number of aromatic nitrogens is 1. The molecule has 2 aromatic rings. The average molecular weight is 491 g/mol. The molecule has 184 valence electrons. The number of hydrogen-bond donors (Lipinski definition) is 1. The summed E-state index contributed by atoms with van der Waals surface area (Å²) in [5, 5.41) is 2.71. The molecule has 2 aliphatic rings. The smallest absolute Gasteiger partial charge is 0.238 e. The van der Waals surface area contributed by atoms with Crippen molar-refractivity contribution in [1.82, 2.24) is 14.4 Å². The van der Waals surface area contributed by atoms with Crippen molar-refractivity contribution in [2.45, 2.75) is 26.3 Å². The summed E-state index contributed by atoms with van der Waals surface area (Å²) in [6.45, 7) is 6.95. The zero-order valence-corrected chi connectivity index (χ0v) is 20.4. The summed E-state index contributed by atoms with van der Waals surface area (Å²) in [6, 6.07) is 7.57. The summed E-state index contributed by atoms with van der Waals surface area (Å²) in [5.74, 6) is -0.243. The zero-order chi connectivity index (χ0) is 24.5. The second-order valence-electron chi connectivity index (χ2n) is 9.25. The van der Waals surface area contributed by atoms with Crippen molar-refractivity contribution >= 4 is 27.2 Å². The summed E-state index contributed by atoms with van der Waals surface area (Å²) in [6.07, 6.45) is 0.584. The molecule has 4 rings (SSSR count). The van der Waals surface area contributed by atoms with Crippen LogP contribution in [0.3, 0.4) is 0 Å². The first-order chi connectivity index (χ1) is 16.1. The number of hydrogen-bond acceptors (Lipinski definition) is 6. The third-order valence-corrected chi connectivity index (χ3v) is 8.42. The topological polar surface area (TPSA) is 91.7 Å². The predicted molar refractivity (Wildman–Crippen MR) is 128 cm³/mol. The van der Waals surface area contributed by atoms with E-state index in [1.165, 1.54) is 12.1 Å². The minimum Gasteiger partial charge on any atom is -0.344 e. The first-order valence-electron chi connectivity index (χ1n) is 11.5. The first kappa shape index (κ1) is 24.6. The number of aryl methyl sites for hydroxylation is 1. The van der Waals surface area contributed by atoms with Crippen LogP contribution in [0.4, 0.5) is 10.1 Å². The van der Waals surface area contributed by atoms with Gasteiger partial charge in [0.1, 0.15) is 5.82 Å². The summed E-state index contributed by atoms with van der Waals surface area (Å²) in [5.41, 5.74) is 2.83. The van der Waals surface area contributed by atoms with Gasteiger partial charge in [-0.05, 0) is 44.5 Å². The monoisotopic (exact) mass is 490 g/mol. The maximum absolute atomic E-state index is 13.3. The lowest BCUT2D eigenvalue weighted by Gasteiger charge is -2.33. The van der Waals surface area contributed by atoms with Crippen molar-refractivity contribution in [3.63, 3.8) is 0 Å². The molecule has 1 unspecified atom stereocenters. The Morgan fingerprint density at radius 1 is 1.06 bits per heavy atom. The molecule has 3 heterocycles. The van der Waals surface area contributed by atoms with Crippen LogP contribution in [0.5, 0.6) is 0 Å². The number of nitrogens with one attached hydrogen (secondary N) is 1. The van der Waals surface area contributed by atoms with E-state index in [4.69, 9.17) is 0 Å². The Balaban J connectivity index is 1.28. The number of rotatable bonds is 7. The zero-order valence-electron chi connectivity index (χ0n) is 19.6. The van der Waals surface area contributed by atoms with E-state index in [2.05, 4.69) is 10.2 Å². The number of Topliss-reactive ketones (excluding diaryl/α,β-unsaturated/α-hetero) is 1. The van der Waals surface area contributed by atoms with Crippen molar-refractivity contribution in [2.24, 2.45) is 0 Å². The van der Waals surface area contributed by atoms with Gasteiger partial charge in [-0.15, -0.1) is 0 Å². The molecule has 0 radical (unpaired) electrons. The molecule has 8 nitrogen and oxygen atoms in total. The van der Waals surface area contributed by atoms with Crippen LogP contribution in [0.25, 0.3) is 0 Å². The highest BCUT2D eigenvalue weighted by atomic mass is 32.2. The van der Waals surface area contributed by atoms with Gasteiger partial charge < -0.3 is 9.88 Å². The number of amides is 1. The van der Waals surface area contributed by atoms with Gasteiger partial charge in [-0.25, -0.2) is 12.8 Å². The Kier molecular flexibility index (Phi) is 7.20. The van der Waals surface area contributed by atoms with Gasteiger partial charge in [0.2, 0.25) is 5.91 Å². The molecule has 34 heavy (non-hydrogen) atoms. The third-order valence-electron chi connectivity index (χ3n) is 6.67. The fourth-order valence-corrected chi connectivity index (χ4v) is 6.66. The normalized spacial score (nSPS) is 21.0. The molecule has 1 N–H and O–H groups in total. The molecule has 0 saturated carbocycles. The molecule has 1 aromatic heterocycles. The number of ketones is 1. The maximum Gasteiger partial charge on any atom is 0.238 e. The summed E-state index contributed by atoms with van der Waals surface area (Å²) < 4.78 is 39.1. The number of sulfone groups is 1. The van der Waals surface area contributed by atoms with Gasteiger partial charge in [-0.3, -0.25) is 19.4 Å². The van der Waals surface area contributed by atoms with Crippen LogP contribution in [-0.2, 0) is 14.6 Å². The van der Waals surface area contributed by atoms with E-state index in [1.807, 2.05) is 29.4 Å². The van der Waals surface area contributed by atoms with Gasteiger partial charge in [0.05, 0.1) is 24.6 Å². The summed E-state index contributed by atoms with van der Waals surface area (Å²) in [4.78, 5) is 29.4. The Labute approximate surface area is 199 Å². The second kappa shape index (κ2) is 9.97. The van der Waals surface area contributed by atoms with E-state index in [-0.39, 0.29) is 42.3 Å². The maximum atomic E-state index is 13.3. The van der Waals surface area contributed by atoms with E-state index >= 15 is 0 Å². The lowest BCUT2D eigenvalue weighted by Crippen LogP contribution is -2.49. The minimum absolute atomic E-state index is 0.0255. The number of anilines is 1. The number of halogens is 1. The molecule has 1 atom stereocenters. The van der Waals surface area contributed by atoms with E-state index in [0.29, 0.717) is 43.9 Å². The largest absolute Gasteiger partial charge is 0.344 e. The fraction of sp³-hybridized carbons (Fsp3) is 0.500. The highest BCUT2D eigenvalue weighted by Crippen LogP contribution is 2.29. The standard InChI is InChI=1S/C24H31FN4O4S/c1-17-12-22(18(2)29(17)21-6-11-34(32,33)16-21)23(30)14-27-7-9-28(10-8-27)15-24(31)26-20-5-3-4-19(25)13-20/h3-5,12-13,21H,6-11,14-16H2,1-2H3,(H,26,31). The lowest BCUT2D eigenvalue weighted by atomic mass is 10.1. The van der Waals surface area contributed by atoms with Crippen molar-refractivity contribution in [1.29, 1.82) is 0 Å². The lowest BCUT2D eigenvalue weighted by molar-refractivity contribution is -0.117. The highest BCUT2D eigenvalue weighted by molar-refractivity contribution is 7.91. The summed E-state index contributed by atoms with van der Waals surface area (Å²) in [7, 11) is -3.01. The van der Waals surface area contributed by atoms with E-state index in [1.54, 1.807) is 12.1 Å². The number of carbonyl (C=O) groups is 2. The predicted octanol–water partition coefficient (Wildman–Crippen LogP) is 2.04. The number of piperazine rings is 1. The van der Waals surface area contributed by atoms with Crippen LogP contribution in [0.1, 0.15) is 34.2 Å². The van der Waals surface area contributed by atoms with Crippen molar-refractivity contribution in [2.75, 3.05) is 56.1 Å². The molecule has 2 aliphatic heterocycles. The van der Waals surface area contributed by atoms with Gasteiger partial charge in [-0.1, -0.05) is 6.07 Å². The Bertz CT molecular complexity index is 1190. The van der Waals surface area contributed by atoms with Gasteiger partial charge in [0.15, 0.2) is 15.6 Å². The van der Waals surface area contributed by atoms with E-state index in [0.717, 1.165) is 11.4 Å². The second-order valence-corrected chi connectivity index (χ2v) is 11.5. The van der Waals surface area contributed by atoms with Gasteiger partial charge >= 0.3 is 0 Å². The first-order valence-corrected chi connectivity index (χ1v) is 13.4. The van der Waals surface area contributed by atoms with Crippen LogP contribution in [0.15, 0.2) is 30.3 Å². The Morgan fingerprint density at radius 3 is 2.35 bits per heavy atom. The highest BCUT2D eigenvalue weighted by Gasteiger charge is 2.32. The van der Waals surface area contributed by atoms with Gasteiger partial charge in [0, 0.05) is 54.9 Å². The van der Waals surface area contributed by atoms with E-state index in [9.17, 15) is 22.4 Å². The minimum atomic E-state index is -3.01. The molecule has 0 aliphatic carbocycles. The molecule has 10 heteroatoms. The molecule has 2 saturated heterocycles. The van der Waals surface area contributed by atoms with Crippen molar-refractivity contribution < 1.29 is 22.4 Å². The van der Waals surface area contributed by atoms with Crippen LogP contribution in [0, 0.1) is 19.7 Å². The van der Waals surface area contributed by atoms with Crippen LogP contribution in [0.2, 0.25) is 0 Å². The Morgan fingerprint density at radius 2 is 1.74 bits per heavy atom. The number of carbonyl (C=O) groups excluding carboxylic acids is 2. The SMILES string of the molecule is Cc1cc(C(=O)CN2CCN(CC(=O)Nc3cccc(F)c3)CC2)c(C)n1C1CCS(=O)(=O)C1. The number of benzene rings is 1. The van der Waals surface area contributed by atoms with Crippen LogP contribution >= 0.6 is 0 Å². The van der Waals surface area contributed by atoms with Gasteiger partial charge in [-0.2, -0.15) is 0 Å². The summed E-state index contributed by atoms with van der Waals surface area (Å²) >= 11 is 0. The van der Waals surface area contributed by atoms with Crippen molar-refractivity contribution in [3.8, 4) is 0 Å². The molecule has 1 aromatic carbocycles. The van der Waals surface area contributed by atoms with Crippen LogP contribution in [-0.4, -0.2) is 85.2 Å². The third kappa shape index (κ3) is 5.73. The van der Waals surface area contributed by atoms with Crippen LogP contribution < -0.4 is 5.32 Å². The van der Waals surface area contributed by atoms with Crippen molar-refractivity contribution in [3.05, 3.63) is 53.1 Å². The molecular weight excluding hydrogens is 459 g/mol. The Hall–Kier alpha value is -2.56. The average Bonchev–Trinajstić information content (AvgIpc) is 3.27. The molecule has 2 fully saturated rings. The fourth-order valence-electron chi connectivity index (χ4n) is 4.96. The number of nitrogens with zero attached hydrogens (tertiary/aromatic N) is 3. The van der Waals surface area contributed by atoms with Gasteiger partial charge in [0.25, 0.3) is 0 Å². The van der Waals surface area contributed by atoms with E-state index < -0.39 is 15.7 Å². The molecule has 0 bridgehead atoms. The molecule has 0 spiro atoms. The molecule has 1 amide bonds. The molecular formula is C24H31FN4O4S.